The molecule has 0 unspecified atom stereocenters. The fraction of sp³-hybridized carbons (Fsp3) is 0.222. The number of rotatable bonds is 3. The summed E-state index contributed by atoms with van der Waals surface area (Å²) in [4.78, 5) is 7.60. The van der Waals surface area contributed by atoms with E-state index in [1.54, 1.807) is 0 Å². The van der Waals surface area contributed by atoms with E-state index in [9.17, 15) is 8.42 Å². The molecule has 0 spiro atoms. The quantitative estimate of drug-likeness (QED) is 0.858. The number of halogens is 2. The van der Waals surface area contributed by atoms with Gasteiger partial charge in [0, 0.05) is 13.2 Å². The molecule has 2 heterocycles. The molecule has 0 atom stereocenters. The number of hydrogen-bond donors (Lipinski definition) is 0. The molecular formula is C9H8Cl2N4O2S. The van der Waals surface area contributed by atoms with Gasteiger partial charge in [-0.15, -0.1) is 0 Å². The third-order valence-corrected chi connectivity index (χ3v) is 4.27. The van der Waals surface area contributed by atoms with Crippen LogP contribution in [-0.2, 0) is 22.6 Å². The lowest BCUT2D eigenvalue weighted by molar-refractivity contribution is 0.568. The Morgan fingerprint density at radius 1 is 1.33 bits per heavy atom. The third kappa shape index (κ3) is 2.63. The number of sulfone groups is 1. The summed E-state index contributed by atoms with van der Waals surface area (Å²) >= 11 is 11.6. The van der Waals surface area contributed by atoms with Crippen molar-refractivity contribution in [3.8, 4) is 0 Å². The molecule has 6 nitrogen and oxygen atoms in total. The largest absolute Gasteiger partial charge is 0.257 e. The van der Waals surface area contributed by atoms with E-state index < -0.39 is 9.84 Å². The Bertz CT molecular complexity index is 684. The van der Waals surface area contributed by atoms with Crippen LogP contribution in [-0.4, -0.2) is 28.2 Å². The number of aryl methyl sites for hydroxylation is 1. The lowest BCUT2D eigenvalue weighted by Gasteiger charge is -2.04. The van der Waals surface area contributed by atoms with Crippen LogP contribution in [0, 0.1) is 0 Å². The normalized spacial score (nSPS) is 11.7. The van der Waals surface area contributed by atoms with E-state index in [1.807, 2.05) is 0 Å². The van der Waals surface area contributed by atoms with Crippen LogP contribution in [0.5, 0.6) is 0 Å². The Balaban J connectivity index is 2.37. The second-order valence-electron chi connectivity index (χ2n) is 3.51. The molecule has 0 N–H and O–H groups in total. The fourth-order valence-electron chi connectivity index (χ4n) is 1.36. The van der Waals surface area contributed by atoms with E-state index in [-0.39, 0.29) is 21.6 Å². The monoisotopic (exact) mass is 306 g/mol. The summed E-state index contributed by atoms with van der Waals surface area (Å²) in [7, 11) is -2.14. The van der Waals surface area contributed by atoms with Crippen LogP contribution in [0.2, 0.25) is 10.0 Å². The standard InChI is InChI=1S/C9H8Cl2N4O2S/c1-15-9(13-5-14-15)18(16,17)4-8-7(11)2-6(10)3-12-8/h2-3,5H,4H2,1H3. The van der Waals surface area contributed by atoms with Gasteiger partial charge in [-0.2, -0.15) is 5.10 Å². The van der Waals surface area contributed by atoms with E-state index >= 15 is 0 Å². The topological polar surface area (TPSA) is 77.7 Å². The van der Waals surface area contributed by atoms with Gasteiger partial charge in [-0.25, -0.2) is 18.1 Å². The SMILES string of the molecule is Cn1ncnc1S(=O)(=O)Cc1ncc(Cl)cc1Cl. The zero-order valence-electron chi connectivity index (χ0n) is 9.21. The number of nitrogens with zero attached hydrogens (tertiary/aromatic N) is 4. The first-order valence-electron chi connectivity index (χ1n) is 4.77. The smallest absolute Gasteiger partial charge is 0.245 e. The summed E-state index contributed by atoms with van der Waals surface area (Å²) in [6.45, 7) is 0. The lowest BCUT2D eigenvalue weighted by atomic mass is 10.4. The molecule has 0 amide bonds. The third-order valence-electron chi connectivity index (χ3n) is 2.16. The van der Waals surface area contributed by atoms with Gasteiger partial charge in [-0.1, -0.05) is 23.2 Å². The van der Waals surface area contributed by atoms with Crippen LogP contribution in [0.25, 0.3) is 0 Å². The molecule has 0 aliphatic rings. The predicted octanol–water partition coefficient (Wildman–Crippen LogP) is 1.49. The summed E-state index contributed by atoms with van der Waals surface area (Å²) in [5.41, 5.74) is 0.226. The summed E-state index contributed by atoms with van der Waals surface area (Å²) in [6, 6.07) is 1.44. The molecule has 2 rings (SSSR count). The van der Waals surface area contributed by atoms with Crippen LogP contribution in [0.1, 0.15) is 5.69 Å². The Kier molecular flexibility index (Phi) is 3.56. The van der Waals surface area contributed by atoms with Crippen molar-refractivity contribution < 1.29 is 8.42 Å². The summed E-state index contributed by atoms with van der Waals surface area (Å²) < 4.78 is 25.3. The number of aromatic nitrogens is 4. The maximum absolute atomic E-state index is 12.1. The zero-order chi connectivity index (χ0) is 13.3. The van der Waals surface area contributed by atoms with Gasteiger partial charge >= 0.3 is 0 Å². The number of hydrogen-bond acceptors (Lipinski definition) is 5. The summed E-state index contributed by atoms with van der Waals surface area (Å²) in [6.07, 6.45) is 2.51. The van der Waals surface area contributed by atoms with Crippen LogP contribution in [0.3, 0.4) is 0 Å². The highest BCUT2D eigenvalue weighted by Crippen LogP contribution is 2.22. The van der Waals surface area contributed by atoms with E-state index in [0.717, 1.165) is 0 Å². The molecule has 0 aliphatic heterocycles. The van der Waals surface area contributed by atoms with Crippen molar-refractivity contribution in [2.75, 3.05) is 0 Å². The van der Waals surface area contributed by atoms with E-state index in [2.05, 4.69) is 15.1 Å². The molecule has 18 heavy (non-hydrogen) atoms. The van der Waals surface area contributed by atoms with Gasteiger partial charge in [-0.05, 0) is 6.07 Å². The van der Waals surface area contributed by atoms with Crippen molar-refractivity contribution in [3.05, 3.63) is 34.3 Å². The van der Waals surface area contributed by atoms with Crippen molar-refractivity contribution in [1.29, 1.82) is 0 Å². The van der Waals surface area contributed by atoms with Gasteiger partial charge < -0.3 is 0 Å². The average molecular weight is 307 g/mol. The van der Waals surface area contributed by atoms with Crippen molar-refractivity contribution >= 4 is 33.0 Å². The minimum Gasteiger partial charge on any atom is -0.257 e. The molecule has 2 aromatic rings. The molecule has 9 heteroatoms. The number of pyridine rings is 1. The molecule has 2 aromatic heterocycles. The molecule has 0 saturated carbocycles. The van der Waals surface area contributed by atoms with Crippen LogP contribution >= 0.6 is 23.2 Å². The first-order valence-corrected chi connectivity index (χ1v) is 7.17. The first-order chi connectivity index (χ1) is 8.40. The van der Waals surface area contributed by atoms with Crippen molar-refractivity contribution in [2.45, 2.75) is 10.9 Å². The second-order valence-corrected chi connectivity index (χ2v) is 6.23. The van der Waals surface area contributed by atoms with Gasteiger partial charge in [0.15, 0.2) is 0 Å². The van der Waals surface area contributed by atoms with Gasteiger partial charge in [0.1, 0.15) is 12.1 Å². The highest BCUT2D eigenvalue weighted by atomic mass is 35.5. The maximum atomic E-state index is 12.1. The van der Waals surface area contributed by atoms with Crippen molar-refractivity contribution in [3.63, 3.8) is 0 Å². The zero-order valence-corrected chi connectivity index (χ0v) is 11.5. The Hall–Kier alpha value is -1.18. The Labute approximate surface area is 113 Å². The van der Waals surface area contributed by atoms with Crippen molar-refractivity contribution in [2.24, 2.45) is 7.05 Å². The molecule has 0 bridgehead atoms. The molecule has 96 valence electrons. The Morgan fingerprint density at radius 3 is 2.61 bits per heavy atom. The average Bonchev–Trinajstić information content (AvgIpc) is 2.69. The van der Waals surface area contributed by atoms with Gasteiger partial charge in [0.2, 0.25) is 15.0 Å². The second kappa shape index (κ2) is 4.83. The van der Waals surface area contributed by atoms with Gasteiger partial charge in [0.05, 0.1) is 15.7 Å². The van der Waals surface area contributed by atoms with Gasteiger partial charge in [-0.3, -0.25) is 4.98 Å². The van der Waals surface area contributed by atoms with Crippen LogP contribution < -0.4 is 0 Å². The van der Waals surface area contributed by atoms with Crippen molar-refractivity contribution in [1.82, 2.24) is 19.7 Å². The molecule has 0 radical (unpaired) electrons. The molecule has 0 saturated heterocycles. The van der Waals surface area contributed by atoms with E-state index in [4.69, 9.17) is 23.2 Å². The molecular weight excluding hydrogens is 299 g/mol. The van der Waals surface area contributed by atoms with E-state index in [1.165, 1.54) is 30.3 Å². The van der Waals surface area contributed by atoms with Crippen LogP contribution in [0.4, 0.5) is 0 Å². The van der Waals surface area contributed by atoms with Gasteiger partial charge in [0.25, 0.3) is 0 Å². The minimum absolute atomic E-state index is 0.129. The fourth-order valence-corrected chi connectivity index (χ4v) is 3.26. The van der Waals surface area contributed by atoms with Crippen LogP contribution in [0.15, 0.2) is 23.7 Å². The summed E-state index contributed by atoms with van der Waals surface area (Å²) in [5, 5.41) is 4.13. The highest BCUT2D eigenvalue weighted by molar-refractivity contribution is 7.90. The molecule has 0 fully saturated rings. The predicted molar refractivity (Wildman–Crippen MR) is 66.1 cm³/mol. The highest BCUT2D eigenvalue weighted by Gasteiger charge is 2.22. The Morgan fingerprint density at radius 2 is 2.06 bits per heavy atom. The molecule has 0 aromatic carbocycles. The maximum Gasteiger partial charge on any atom is 0.245 e. The first kappa shape index (κ1) is 13.3. The lowest BCUT2D eigenvalue weighted by Crippen LogP contribution is -2.12. The minimum atomic E-state index is -3.64. The molecule has 0 aliphatic carbocycles. The van der Waals surface area contributed by atoms with E-state index in [0.29, 0.717) is 5.02 Å². The summed E-state index contributed by atoms with van der Waals surface area (Å²) in [5.74, 6) is -0.352.